The number of aromatic amines is 1. The molecule has 5 unspecified atom stereocenters. The Labute approximate surface area is 201 Å². The third-order valence-electron chi connectivity index (χ3n) is 5.50. The number of aromatic nitrogens is 2. The van der Waals surface area contributed by atoms with Crippen molar-refractivity contribution >= 4 is 15.6 Å². The predicted octanol–water partition coefficient (Wildman–Crippen LogP) is -3.52. The topological polar surface area (TPSA) is 277 Å². The number of nitrogens with one attached hydrogen (secondary N) is 1. The van der Waals surface area contributed by atoms with Crippen molar-refractivity contribution < 1.29 is 67.3 Å². The van der Waals surface area contributed by atoms with E-state index >= 15 is 0 Å². The van der Waals surface area contributed by atoms with Gasteiger partial charge in [0.15, 0.2) is 12.5 Å². The number of nitrogens with zero attached hydrogens (tertiary/aromatic N) is 1. The molecule has 0 aromatic carbocycles. The van der Waals surface area contributed by atoms with Gasteiger partial charge >= 0.3 is 21.3 Å². The number of ether oxygens (including phenoxy) is 2. The van der Waals surface area contributed by atoms with Crippen molar-refractivity contribution in [2.75, 3.05) is 13.2 Å². The lowest BCUT2D eigenvalue weighted by atomic mass is 9.93. The summed E-state index contributed by atoms with van der Waals surface area (Å²) < 4.78 is 49.0. The highest BCUT2D eigenvalue weighted by atomic mass is 31.3. The number of phosphoric acid groups is 2. The van der Waals surface area contributed by atoms with Gasteiger partial charge in [0.2, 0.25) is 0 Å². The largest absolute Gasteiger partial charge is 0.483 e. The van der Waals surface area contributed by atoms with E-state index in [1.165, 1.54) is 6.92 Å². The molecule has 18 nitrogen and oxygen atoms in total. The summed E-state index contributed by atoms with van der Waals surface area (Å²) in [7, 11) is -10.8. The second kappa shape index (κ2) is 11.2. The van der Waals surface area contributed by atoms with Gasteiger partial charge in [-0.15, -0.1) is 0 Å². The summed E-state index contributed by atoms with van der Waals surface area (Å²) in [6.45, 7) is -0.505. The summed E-state index contributed by atoms with van der Waals surface area (Å²) in [5.41, 5.74) is -1.71. The highest BCUT2D eigenvalue weighted by Crippen LogP contribution is 2.61. The quantitative estimate of drug-likeness (QED) is 0.135. The van der Waals surface area contributed by atoms with Crippen molar-refractivity contribution in [3.63, 3.8) is 0 Å². The number of phosphoric ester groups is 2. The number of H-pyrrole nitrogens is 1. The standard InChI is InChI=1S/C16H26N2O16P2/c1-6-10(21)11(22)7(4-19)32-15(6)33-36(28,29)34-35(26,27)30-5-8-12(23)13(24)14(31-8)18-3-2-9(20)17-16(18)25/h2-3,6-8,10-15,19,21-24H,4-5H2,1H3,(H,26,27)(H,28,29)(H,17,20,25)/t6?,7?,8-,10-,11-,12+,13?,14-,15-/m1/s1. The van der Waals surface area contributed by atoms with E-state index in [1.54, 1.807) is 0 Å². The Kier molecular flexibility index (Phi) is 9.08. The van der Waals surface area contributed by atoms with Crippen LogP contribution in [-0.2, 0) is 32.0 Å². The van der Waals surface area contributed by atoms with Crippen molar-refractivity contribution in [2.24, 2.45) is 5.92 Å². The van der Waals surface area contributed by atoms with Crippen molar-refractivity contribution in [3.05, 3.63) is 33.1 Å². The highest BCUT2D eigenvalue weighted by molar-refractivity contribution is 7.61. The smallest absolute Gasteiger partial charge is 0.394 e. The van der Waals surface area contributed by atoms with Crippen LogP contribution in [0.5, 0.6) is 0 Å². The lowest BCUT2D eigenvalue weighted by molar-refractivity contribution is -0.259. The average Bonchev–Trinajstić information content (AvgIpc) is 3.06. The number of rotatable bonds is 9. The van der Waals surface area contributed by atoms with E-state index in [9.17, 15) is 54.0 Å². The normalized spacial score (nSPS) is 38.4. The molecule has 0 bridgehead atoms. The minimum absolute atomic E-state index is 0.733. The first-order chi connectivity index (χ1) is 16.7. The number of aliphatic hydroxyl groups is 5. The maximum atomic E-state index is 12.3. The molecule has 0 aliphatic carbocycles. The van der Waals surface area contributed by atoms with Gasteiger partial charge in [0.1, 0.15) is 30.5 Å². The molecule has 20 heteroatoms. The molecule has 3 heterocycles. The van der Waals surface area contributed by atoms with Crippen LogP contribution in [0.3, 0.4) is 0 Å². The monoisotopic (exact) mass is 564 g/mol. The first-order valence-electron chi connectivity index (χ1n) is 10.3. The molecule has 2 saturated heterocycles. The van der Waals surface area contributed by atoms with E-state index in [2.05, 4.69) is 13.4 Å². The average molecular weight is 564 g/mol. The maximum absolute atomic E-state index is 12.3. The zero-order valence-corrected chi connectivity index (χ0v) is 20.2. The molecule has 1 aromatic heterocycles. The molecule has 2 aliphatic rings. The molecule has 0 spiro atoms. The van der Waals surface area contributed by atoms with Gasteiger partial charge in [0, 0.05) is 18.2 Å². The van der Waals surface area contributed by atoms with Crippen molar-refractivity contribution in [3.8, 4) is 0 Å². The van der Waals surface area contributed by atoms with Crippen LogP contribution in [0.25, 0.3) is 0 Å². The van der Waals surface area contributed by atoms with Crippen LogP contribution < -0.4 is 11.2 Å². The van der Waals surface area contributed by atoms with Crippen molar-refractivity contribution in [1.82, 2.24) is 9.55 Å². The summed E-state index contributed by atoms with van der Waals surface area (Å²) in [5, 5.41) is 49.3. The Morgan fingerprint density at radius 3 is 2.25 bits per heavy atom. The third-order valence-corrected chi connectivity index (χ3v) is 8.10. The van der Waals surface area contributed by atoms with E-state index in [1.807, 2.05) is 4.98 Å². The predicted molar refractivity (Wildman–Crippen MR) is 112 cm³/mol. The van der Waals surface area contributed by atoms with E-state index in [-0.39, 0.29) is 0 Å². The molecule has 1 aromatic rings. The molecule has 0 radical (unpaired) electrons. The second-order valence-corrected chi connectivity index (χ2v) is 11.0. The molecule has 0 amide bonds. The lowest BCUT2D eigenvalue weighted by Gasteiger charge is -2.40. The van der Waals surface area contributed by atoms with Gasteiger partial charge < -0.3 is 44.8 Å². The summed E-state index contributed by atoms with van der Waals surface area (Å²) in [6.07, 6.45) is -11.8. The molecule has 2 aliphatic heterocycles. The molecule has 2 fully saturated rings. The Bertz CT molecular complexity index is 1120. The van der Waals surface area contributed by atoms with Gasteiger partial charge in [0.05, 0.1) is 19.3 Å². The zero-order chi connectivity index (χ0) is 27.0. The molecule has 36 heavy (non-hydrogen) atoms. The molecule has 11 atom stereocenters. The summed E-state index contributed by atoms with van der Waals surface area (Å²) in [5.74, 6) is -1.14. The first kappa shape index (κ1) is 29.2. The van der Waals surface area contributed by atoms with Crippen LogP contribution in [0.15, 0.2) is 21.9 Å². The minimum Gasteiger partial charge on any atom is -0.394 e. The van der Waals surface area contributed by atoms with Crippen LogP contribution in [-0.4, -0.2) is 101 Å². The third kappa shape index (κ3) is 6.56. The van der Waals surface area contributed by atoms with E-state index in [4.69, 9.17) is 9.47 Å². The Balaban J connectivity index is 1.61. The van der Waals surface area contributed by atoms with Crippen LogP contribution in [0.1, 0.15) is 13.2 Å². The molecule has 3 rings (SSSR count). The molecule has 206 valence electrons. The highest BCUT2D eigenvalue weighted by Gasteiger charge is 2.48. The fourth-order valence-electron chi connectivity index (χ4n) is 3.54. The minimum atomic E-state index is -5.43. The van der Waals surface area contributed by atoms with E-state index in [0.717, 1.165) is 16.8 Å². The summed E-state index contributed by atoms with van der Waals surface area (Å²) in [4.78, 5) is 44.7. The van der Waals surface area contributed by atoms with E-state index < -0.39 is 95.2 Å². The number of hydrogen-bond acceptors (Lipinski definition) is 14. The van der Waals surface area contributed by atoms with E-state index in [0.29, 0.717) is 0 Å². The van der Waals surface area contributed by atoms with Crippen molar-refractivity contribution in [2.45, 2.75) is 56.1 Å². The second-order valence-electron chi connectivity index (χ2n) is 8.05. The maximum Gasteiger partial charge on any atom is 0.483 e. The van der Waals surface area contributed by atoms with Gasteiger partial charge in [-0.2, -0.15) is 4.31 Å². The first-order valence-corrected chi connectivity index (χ1v) is 13.3. The summed E-state index contributed by atoms with van der Waals surface area (Å²) >= 11 is 0. The van der Waals surface area contributed by atoms with Crippen LogP contribution in [0.2, 0.25) is 0 Å². The zero-order valence-electron chi connectivity index (χ0n) is 18.4. The van der Waals surface area contributed by atoms with Crippen molar-refractivity contribution in [1.29, 1.82) is 0 Å². The van der Waals surface area contributed by atoms with Crippen LogP contribution >= 0.6 is 15.6 Å². The molecular formula is C16H26N2O16P2. The Morgan fingerprint density at radius 2 is 1.64 bits per heavy atom. The molecule has 0 saturated carbocycles. The van der Waals surface area contributed by atoms with Gasteiger partial charge in [0.25, 0.3) is 5.56 Å². The number of hydrogen-bond donors (Lipinski definition) is 8. The summed E-state index contributed by atoms with van der Waals surface area (Å²) in [6, 6.07) is 0.946. The number of aliphatic hydroxyl groups excluding tert-OH is 5. The van der Waals surface area contributed by atoms with Gasteiger partial charge in [-0.05, 0) is 0 Å². The van der Waals surface area contributed by atoms with Gasteiger partial charge in [-0.25, -0.2) is 13.9 Å². The Morgan fingerprint density at radius 1 is 1.00 bits per heavy atom. The van der Waals surface area contributed by atoms with Crippen LogP contribution in [0.4, 0.5) is 0 Å². The molecular weight excluding hydrogens is 538 g/mol. The SMILES string of the molecule is CC1[C@@H](OP(=O)(O)OP(=O)(O)OC[C@H]2O[C@@H](n3ccc(=O)[nH]c3=O)C(O)[C@H]2O)OC(CO)[C@@H](O)[C@@H]1O. The fourth-order valence-corrected chi connectivity index (χ4v) is 5.76. The molecule has 8 N–H and O–H groups in total. The lowest BCUT2D eigenvalue weighted by Crippen LogP contribution is -2.55. The van der Waals surface area contributed by atoms with Gasteiger partial charge in [-0.1, -0.05) is 6.92 Å². The fraction of sp³-hybridized carbons (Fsp3) is 0.750. The Hall–Kier alpha value is -1.34. The van der Waals surface area contributed by atoms with Gasteiger partial charge in [-0.3, -0.25) is 23.4 Å². The van der Waals surface area contributed by atoms with Crippen LogP contribution in [0, 0.1) is 5.92 Å².